The lowest BCUT2D eigenvalue weighted by atomic mass is 10.00. The van der Waals surface area contributed by atoms with E-state index in [0.717, 1.165) is 42.0 Å². The number of carbonyl (C=O) groups excluding carboxylic acids is 1. The summed E-state index contributed by atoms with van der Waals surface area (Å²) in [6, 6.07) is 7.85. The van der Waals surface area contributed by atoms with E-state index in [4.69, 9.17) is 15.2 Å². The summed E-state index contributed by atoms with van der Waals surface area (Å²) in [6.45, 7) is 4.26. The molecule has 4 heteroatoms. The standard InChI is InChI=1S/C19H23NO3/c1-3-4-11-22-18-8-5-15(6-9-18)12-16-13-17(20)7-10-19(16)23-14(2)21/h5-10,12H,3-4,11,13,20H2,1-2H3. The molecule has 23 heavy (non-hydrogen) atoms. The molecule has 1 aliphatic rings. The molecule has 0 amide bonds. The van der Waals surface area contributed by atoms with Gasteiger partial charge in [-0.1, -0.05) is 25.5 Å². The van der Waals surface area contributed by atoms with E-state index in [1.165, 1.54) is 6.92 Å². The van der Waals surface area contributed by atoms with Crippen molar-refractivity contribution in [3.8, 4) is 5.75 Å². The maximum atomic E-state index is 11.2. The molecule has 1 aromatic rings. The van der Waals surface area contributed by atoms with Gasteiger partial charge in [0.05, 0.1) is 6.61 Å². The Kier molecular flexibility index (Phi) is 6.03. The highest BCUT2D eigenvalue weighted by Crippen LogP contribution is 2.26. The van der Waals surface area contributed by atoms with E-state index >= 15 is 0 Å². The molecule has 0 aromatic heterocycles. The van der Waals surface area contributed by atoms with E-state index < -0.39 is 0 Å². The SMILES string of the molecule is CCCCOc1ccc(C=C2CC(N)=CC=C2OC(C)=O)cc1. The largest absolute Gasteiger partial charge is 0.494 e. The Hall–Kier alpha value is -2.49. The van der Waals surface area contributed by atoms with Crippen molar-refractivity contribution in [3.05, 3.63) is 59.0 Å². The predicted molar refractivity (Wildman–Crippen MR) is 91.6 cm³/mol. The van der Waals surface area contributed by atoms with E-state index in [1.54, 1.807) is 12.2 Å². The molecule has 0 spiro atoms. The number of unbranched alkanes of at least 4 members (excludes halogenated alkanes) is 1. The molecule has 2 N–H and O–H groups in total. The van der Waals surface area contributed by atoms with Gasteiger partial charge in [0.2, 0.25) is 0 Å². The number of nitrogens with two attached hydrogens (primary N) is 1. The number of hydrogen-bond acceptors (Lipinski definition) is 4. The van der Waals surface area contributed by atoms with Crippen LogP contribution in [-0.4, -0.2) is 12.6 Å². The number of benzene rings is 1. The minimum Gasteiger partial charge on any atom is -0.494 e. The van der Waals surface area contributed by atoms with Crippen molar-refractivity contribution in [2.24, 2.45) is 5.73 Å². The third-order valence-corrected chi connectivity index (χ3v) is 3.40. The first-order valence-corrected chi connectivity index (χ1v) is 7.87. The van der Waals surface area contributed by atoms with Crippen molar-refractivity contribution in [3.63, 3.8) is 0 Å². The summed E-state index contributed by atoms with van der Waals surface area (Å²) in [4.78, 5) is 11.2. The highest BCUT2D eigenvalue weighted by molar-refractivity contribution is 5.70. The van der Waals surface area contributed by atoms with Gasteiger partial charge in [0.1, 0.15) is 11.5 Å². The Balaban J connectivity index is 2.11. The molecule has 1 aliphatic carbocycles. The van der Waals surface area contributed by atoms with E-state index in [2.05, 4.69) is 6.92 Å². The first-order chi connectivity index (χ1) is 11.1. The maximum Gasteiger partial charge on any atom is 0.308 e. The summed E-state index contributed by atoms with van der Waals surface area (Å²) in [5.74, 6) is 1.07. The van der Waals surface area contributed by atoms with Crippen LogP contribution in [0.25, 0.3) is 6.08 Å². The van der Waals surface area contributed by atoms with Crippen LogP contribution in [0.4, 0.5) is 0 Å². The zero-order chi connectivity index (χ0) is 16.7. The number of carbonyl (C=O) groups is 1. The normalized spacial score (nSPS) is 15.8. The van der Waals surface area contributed by atoms with Crippen molar-refractivity contribution in [1.82, 2.24) is 0 Å². The molecule has 0 atom stereocenters. The van der Waals surface area contributed by atoms with Crippen LogP contribution in [0.2, 0.25) is 0 Å². The quantitative estimate of drug-likeness (QED) is 0.638. The van der Waals surface area contributed by atoms with Gasteiger partial charge in [0, 0.05) is 24.6 Å². The van der Waals surface area contributed by atoms with Gasteiger partial charge >= 0.3 is 5.97 Å². The zero-order valence-corrected chi connectivity index (χ0v) is 13.7. The van der Waals surface area contributed by atoms with Gasteiger partial charge in [0.25, 0.3) is 0 Å². The molecule has 0 unspecified atom stereocenters. The van der Waals surface area contributed by atoms with Gasteiger partial charge in [-0.3, -0.25) is 4.79 Å². The Labute approximate surface area is 137 Å². The lowest BCUT2D eigenvalue weighted by Gasteiger charge is -2.15. The second kappa shape index (κ2) is 8.22. The topological polar surface area (TPSA) is 61.6 Å². The highest BCUT2D eigenvalue weighted by Gasteiger charge is 2.14. The van der Waals surface area contributed by atoms with Crippen LogP contribution in [0.1, 0.15) is 38.7 Å². The summed E-state index contributed by atoms with van der Waals surface area (Å²) < 4.78 is 10.9. The number of allylic oxidation sites excluding steroid dienone is 4. The van der Waals surface area contributed by atoms with Crippen molar-refractivity contribution < 1.29 is 14.3 Å². The molecular formula is C19H23NO3. The number of hydrogen-bond donors (Lipinski definition) is 1. The van der Waals surface area contributed by atoms with E-state index in [1.807, 2.05) is 30.3 Å². The first kappa shape index (κ1) is 16.9. The summed E-state index contributed by atoms with van der Waals surface area (Å²) in [7, 11) is 0. The lowest BCUT2D eigenvalue weighted by Crippen LogP contribution is -2.09. The molecule has 4 nitrogen and oxygen atoms in total. The third kappa shape index (κ3) is 5.33. The molecular weight excluding hydrogens is 290 g/mol. The number of ether oxygens (including phenoxy) is 2. The van der Waals surface area contributed by atoms with Gasteiger partial charge in [-0.25, -0.2) is 0 Å². The van der Waals surface area contributed by atoms with Gasteiger partial charge in [-0.15, -0.1) is 0 Å². The minimum absolute atomic E-state index is 0.337. The van der Waals surface area contributed by atoms with Crippen LogP contribution >= 0.6 is 0 Å². The summed E-state index contributed by atoms with van der Waals surface area (Å²) in [6.07, 6.45) is 8.20. The average molecular weight is 313 g/mol. The fraction of sp³-hybridized carbons (Fsp3) is 0.316. The average Bonchev–Trinajstić information content (AvgIpc) is 2.52. The zero-order valence-electron chi connectivity index (χ0n) is 13.7. The van der Waals surface area contributed by atoms with Crippen molar-refractivity contribution in [2.45, 2.75) is 33.1 Å². The smallest absolute Gasteiger partial charge is 0.308 e. The van der Waals surface area contributed by atoms with Crippen LogP contribution in [0.15, 0.2) is 53.4 Å². The van der Waals surface area contributed by atoms with Crippen molar-refractivity contribution in [2.75, 3.05) is 6.61 Å². The Bertz CT molecular complexity index is 639. The molecule has 0 radical (unpaired) electrons. The number of esters is 1. The predicted octanol–water partition coefficient (Wildman–Crippen LogP) is 3.94. The number of rotatable bonds is 6. The molecule has 0 bridgehead atoms. The van der Waals surface area contributed by atoms with Crippen LogP contribution in [0, 0.1) is 0 Å². The fourth-order valence-electron chi connectivity index (χ4n) is 2.23. The minimum atomic E-state index is -0.337. The van der Waals surface area contributed by atoms with Gasteiger partial charge in [-0.05, 0) is 42.3 Å². The molecule has 0 fully saturated rings. The van der Waals surface area contributed by atoms with Gasteiger partial charge in [0.15, 0.2) is 0 Å². The van der Waals surface area contributed by atoms with Crippen LogP contribution in [-0.2, 0) is 9.53 Å². The van der Waals surface area contributed by atoms with Crippen LogP contribution in [0.3, 0.4) is 0 Å². The monoisotopic (exact) mass is 313 g/mol. The van der Waals surface area contributed by atoms with Crippen molar-refractivity contribution in [1.29, 1.82) is 0 Å². The summed E-state index contributed by atoms with van der Waals surface area (Å²) >= 11 is 0. The van der Waals surface area contributed by atoms with Crippen LogP contribution in [0.5, 0.6) is 5.75 Å². The lowest BCUT2D eigenvalue weighted by molar-refractivity contribution is -0.136. The second-order valence-corrected chi connectivity index (χ2v) is 5.48. The molecule has 122 valence electrons. The van der Waals surface area contributed by atoms with E-state index in [0.29, 0.717) is 12.2 Å². The molecule has 0 heterocycles. The highest BCUT2D eigenvalue weighted by atomic mass is 16.5. The molecule has 0 saturated heterocycles. The summed E-state index contributed by atoms with van der Waals surface area (Å²) in [5.41, 5.74) is 8.52. The Morgan fingerprint density at radius 1 is 1.26 bits per heavy atom. The molecule has 0 saturated carbocycles. The maximum absolute atomic E-state index is 11.2. The Morgan fingerprint density at radius 3 is 2.65 bits per heavy atom. The van der Waals surface area contributed by atoms with Crippen LogP contribution < -0.4 is 10.5 Å². The van der Waals surface area contributed by atoms with E-state index in [9.17, 15) is 4.79 Å². The second-order valence-electron chi connectivity index (χ2n) is 5.48. The van der Waals surface area contributed by atoms with E-state index in [-0.39, 0.29) is 5.97 Å². The Morgan fingerprint density at radius 2 is 2.00 bits per heavy atom. The van der Waals surface area contributed by atoms with Crippen molar-refractivity contribution >= 4 is 12.0 Å². The summed E-state index contributed by atoms with van der Waals surface area (Å²) in [5, 5.41) is 0. The molecule has 2 rings (SSSR count). The fourth-order valence-corrected chi connectivity index (χ4v) is 2.23. The third-order valence-electron chi connectivity index (χ3n) is 3.40. The molecule has 1 aromatic carbocycles. The van der Waals surface area contributed by atoms with Gasteiger partial charge in [-0.2, -0.15) is 0 Å². The molecule has 0 aliphatic heterocycles. The first-order valence-electron chi connectivity index (χ1n) is 7.87. The van der Waals surface area contributed by atoms with Gasteiger partial charge < -0.3 is 15.2 Å².